The van der Waals surface area contributed by atoms with Crippen molar-refractivity contribution < 1.29 is 33.8 Å². The minimum atomic E-state index is -0.844. The molecule has 10 heteroatoms. The number of aliphatic hydroxyl groups is 1. The van der Waals surface area contributed by atoms with Crippen LogP contribution >= 0.6 is 0 Å². The molecule has 3 aliphatic rings. The number of aliphatic hydroxyl groups excluding tert-OH is 1. The highest BCUT2D eigenvalue weighted by Crippen LogP contribution is 2.50. The molecule has 0 aromatic carbocycles. The first kappa shape index (κ1) is 23.5. The van der Waals surface area contributed by atoms with Crippen molar-refractivity contribution in [1.29, 1.82) is 0 Å². The molecule has 1 N–H and O–H groups in total. The Hall–Kier alpha value is -3.14. The lowest BCUT2D eigenvalue weighted by atomic mass is 9.74. The van der Waals surface area contributed by atoms with Crippen molar-refractivity contribution >= 4 is 23.9 Å². The van der Waals surface area contributed by atoms with Crippen LogP contribution in [0.4, 0.5) is 4.79 Å². The van der Waals surface area contributed by atoms with Gasteiger partial charge < -0.3 is 29.3 Å². The van der Waals surface area contributed by atoms with Gasteiger partial charge in [-0.25, -0.2) is 9.59 Å². The molecule has 0 saturated carbocycles. The molecule has 0 aromatic rings. The van der Waals surface area contributed by atoms with Crippen molar-refractivity contribution in [2.45, 2.75) is 25.5 Å². The first-order valence-corrected chi connectivity index (χ1v) is 10.5. The summed E-state index contributed by atoms with van der Waals surface area (Å²) in [4.78, 5) is 54.3. The SMILES string of the molecule is C=CCOC(=O)C1=C2CN(C(=O)CN(C)C(=O)OCC=C)CC[C@@H]2[C@@H]2[C@@H]([C@@H](C)O)C(=O)N12. The van der Waals surface area contributed by atoms with E-state index >= 15 is 0 Å². The van der Waals surface area contributed by atoms with Gasteiger partial charge in [0.15, 0.2) is 0 Å². The third-order valence-corrected chi connectivity index (χ3v) is 6.07. The minimum absolute atomic E-state index is 0.00688. The van der Waals surface area contributed by atoms with E-state index in [2.05, 4.69) is 13.2 Å². The molecule has 0 radical (unpaired) electrons. The number of fused-ring (bicyclic) bond motifs is 3. The van der Waals surface area contributed by atoms with Gasteiger partial charge in [0.1, 0.15) is 25.5 Å². The number of carbonyl (C=O) groups excluding carboxylic acids is 4. The lowest BCUT2D eigenvalue weighted by Gasteiger charge is -2.48. The molecule has 0 spiro atoms. The summed E-state index contributed by atoms with van der Waals surface area (Å²) < 4.78 is 10.1. The van der Waals surface area contributed by atoms with Gasteiger partial charge in [0, 0.05) is 26.1 Å². The maximum Gasteiger partial charge on any atom is 0.410 e. The number of likely N-dealkylation sites (tertiary alicyclic amines) is 1. The summed E-state index contributed by atoms with van der Waals surface area (Å²) in [6, 6.07) is -0.322. The standard InChI is InChI=1S/C22H29N3O7/c1-5-9-31-21(29)19-15-11-24(16(27)12-23(4)22(30)32-10-6-2)8-7-14(15)18-17(13(3)26)20(28)25(18)19/h5-6,13-14,17-18,26H,1-2,7-12H2,3-4H3/t13-,14+,17-,18-/m1/s1. The van der Waals surface area contributed by atoms with Gasteiger partial charge >= 0.3 is 12.1 Å². The molecule has 3 rings (SSSR count). The highest BCUT2D eigenvalue weighted by molar-refractivity contribution is 6.01. The van der Waals surface area contributed by atoms with Crippen LogP contribution in [0.1, 0.15) is 13.3 Å². The normalized spacial score (nSPS) is 24.7. The fourth-order valence-corrected chi connectivity index (χ4v) is 4.62. The Labute approximate surface area is 186 Å². The Balaban J connectivity index is 1.78. The number of hydrogen-bond donors (Lipinski definition) is 1. The Kier molecular flexibility index (Phi) is 7.02. The Morgan fingerprint density at radius 3 is 2.53 bits per heavy atom. The zero-order valence-electron chi connectivity index (χ0n) is 18.4. The van der Waals surface area contributed by atoms with E-state index in [9.17, 15) is 24.3 Å². The number of rotatable bonds is 8. The molecule has 32 heavy (non-hydrogen) atoms. The molecule has 2 fully saturated rings. The first-order valence-electron chi connectivity index (χ1n) is 10.5. The number of likely N-dealkylation sites (N-methyl/N-ethyl adjacent to an activating group) is 1. The van der Waals surface area contributed by atoms with Crippen LogP contribution in [-0.2, 0) is 23.9 Å². The third-order valence-electron chi connectivity index (χ3n) is 6.07. The van der Waals surface area contributed by atoms with E-state index in [1.54, 1.807) is 11.8 Å². The molecule has 0 unspecified atom stereocenters. The van der Waals surface area contributed by atoms with Crippen molar-refractivity contribution in [2.24, 2.45) is 11.8 Å². The molecule has 3 aliphatic heterocycles. The van der Waals surface area contributed by atoms with E-state index in [0.717, 1.165) is 0 Å². The highest BCUT2D eigenvalue weighted by atomic mass is 16.6. The fraction of sp³-hybridized carbons (Fsp3) is 0.545. The number of nitrogens with zero attached hydrogens (tertiary/aromatic N) is 3. The Morgan fingerprint density at radius 1 is 1.25 bits per heavy atom. The molecule has 4 atom stereocenters. The fourth-order valence-electron chi connectivity index (χ4n) is 4.62. The molecular formula is C22H29N3O7. The average Bonchev–Trinajstić information content (AvgIpc) is 3.05. The predicted octanol–water partition coefficient (Wildman–Crippen LogP) is 0.294. The van der Waals surface area contributed by atoms with Crippen molar-refractivity contribution in [3.8, 4) is 0 Å². The van der Waals surface area contributed by atoms with Crippen LogP contribution in [0.15, 0.2) is 36.6 Å². The summed E-state index contributed by atoms with van der Waals surface area (Å²) in [5.41, 5.74) is 0.803. The maximum atomic E-state index is 12.8. The second-order valence-corrected chi connectivity index (χ2v) is 8.16. The van der Waals surface area contributed by atoms with E-state index in [-0.39, 0.29) is 55.8 Å². The molecular weight excluding hydrogens is 418 g/mol. The number of piperidine rings is 1. The van der Waals surface area contributed by atoms with Gasteiger partial charge in [0.25, 0.3) is 0 Å². The topological polar surface area (TPSA) is 117 Å². The molecule has 3 heterocycles. The van der Waals surface area contributed by atoms with Gasteiger partial charge in [-0.15, -0.1) is 0 Å². The van der Waals surface area contributed by atoms with E-state index < -0.39 is 24.1 Å². The lowest BCUT2D eigenvalue weighted by Crippen LogP contribution is -2.64. The summed E-state index contributed by atoms with van der Waals surface area (Å²) in [5, 5.41) is 10.1. The van der Waals surface area contributed by atoms with Crippen LogP contribution < -0.4 is 0 Å². The van der Waals surface area contributed by atoms with Gasteiger partial charge in [-0.1, -0.05) is 25.3 Å². The van der Waals surface area contributed by atoms with Crippen LogP contribution in [0.3, 0.4) is 0 Å². The molecule has 0 aromatic heterocycles. The number of esters is 1. The molecule has 174 valence electrons. The van der Waals surface area contributed by atoms with Gasteiger partial charge in [-0.3, -0.25) is 9.59 Å². The maximum absolute atomic E-state index is 12.8. The average molecular weight is 447 g/mol. The summed E-state index contributed by atoms with van der Waals surface area (Å²) in [7, 11) is 1.46. The Morgan fingerprint density at radius 2 is 1.91 bits per heavy atom. The van der Waals surface area contributed by atoms with Crippen molar-refractivity contribution in [3.63, 3.8) is 0 Å². The summed E-state index contributed by atoms with van der Waals surface area (Å²) >= 11 is 0. The monoisotopic (exact) mass is 447 g/mol. The summed E-state index contributed by atoms with van der Waals surface area (Å²) in [6.45, 7) is 8.96. The first-order chi connectivity index (χ1) is 15.2. The lowest BCUT2D eigenvalue weighted by molar-refractivity contribution is -0.164. The molecule has 3 amide bonds. The van der Waals surface area contributed by atoms with E-state index in [1.165, 1.54) is 29.0 Å². The highest BCUT2D eigenvalue weighted by Gasteiger charge is 2.61. The van der Waals surface area contributed by atoms with Gasteiger partial charge in [-0.2, -0.15) is 0 Å². The van der Waals surface area contributed by atoms with Gasteiger partial charge in [-0.05, 0) is 18.9 Å². The quantitative estimate of drug-likeness (QED) is 0.323. The van der Waals surface area contributed by atoms with E-state index in [4.69, 9.17) is 9.47 Å². The van der Waals surface area contributed by atoms with Crippen molar-refractivity contribution in [1.82, 2.24) is 14.7 Å². The third kappa shape index (κ3) is 4.14. The van der Waals surface area contributed by atoms with Crippen molar-refractivity contribution in [2.75, 3.05) is 39.9 Å². The number of hydrogen-bond acceptors (Lipinski definition) is 7. The van der Waals surface area contributed by atoms with Crippen LogP contribution in [-0.4, -0.2) is 95.7 Å². The minimum Gasteiger partial charge on any atom is -0.457 e. The molecule has 2 saturated heterocycles. The zero-order chi connectivity index (χ0) is 23.6. The van der Waals surface area contributed by atoms with Crippen LogP contribution in [0.25, 0.3) is 0 Å². The molecule has 0 aliphatic carbocycles. The van der Waals surface area contributed by atoms with Gasteiger partial charge in [0.2, 0.25) is 11.8 Å². The van der Waals surface area contributed by atoms with Crippen LogP contribution in [0.2, 0.25) is 0 Å². The number of amides is 3. The zero-order valence-corrected chi connectivity index (χ0v) is 18.4. The second kappa shape index (κ2) is 9.56. The summed E-state index contributed by atoms with van der Waals surface area (Å²) in [5.74, 6) is -2.00. The van der Waals surface area contributed by atoms with Crippen LogP contribution in [0.5, 0.6) is 0 Å². The van der Waals surface area contributed by atoms with Crippen LogP contribution in [0, 0.1) is 11.8 Å². The van der Waals surface area contributed by atoms with E-state index in [1.807, 2.05) is 0 Å². The summed E-state index contributed by atoms with van der Waals surface area (Å²) in [6.07, 6.45) is 1.91. The number of ether oxygens (including phenoxy) is 2. The van der Waals surface area contributed by atoms with E-state index in [0.29, 0.717) is 18.5 Å². The smallest absolute Gasteiger partial charge is 0.410 e. The van der Waals surface area contributed by atoms with Gasteiger partial charge in [0.05, 0.1) is 18.1 Å². The largest absolute Gasteiger partial charge is 0.457 e. The molecule has 10 nitrogen and oxygen atoms in total. The molecule has 0 bridgehead atoms. The Bertz CT molecular complexity index is 866. The van der Waals surface area contributed by atoms with Crippen molar-refractivity contribution in [3.05, 3.63) is 36.6 Å². The number of carbonyl (C=O) groups is 4. The predicted molar refractivity (Wildman–Crippen MR) is 113 cm³/mol. The number of β-lactam (4-membered cyclic amide) rings is 1. The second-order valence-electron chi connectivity index (χ2n) is 8.16.